The van der Waals surface area contributed by atoms with E-state index in [0.717, 1.165) is 75.3 Å². The number of halogens is 3. The monoisotopic (exact) mass is 541 g/mol. The standard InChI is InChI=1S/C20H29Cl2N3O2.HI/c1-23-19(25(2)12-15-5-8-27-13-15)24-14-20(6-9-26-10-7-20)17-4-3-16(21)11-18(17)22;/h3-4,11,15H,5-10,12-14H2,1-2H3,(H,23,24);1H. The lowest BCUT2D eigenvalue weighted by Gasteiger charge is -2.39. The molecule has 1 N–H and O–H groups in total. The maximum atomic E-state index is 6.57. The third kappa shape index (κ3) is 5.88. The molecule has 0 aliphatic carbocycles. The zero-order chi connectivity index (χ0) is 19.3. The molecule has 0 aromatic heterocycles. The largest absolute Gasteiger partial charge is 0.381 e. The summed E-state index contributed by atoms with van der Waals surface area (Å²) in [4.78, 5) is 6.67. The van der Waals surface area contributed by atoms with E-state index < -0.39 is 0 Å². The average molecular weight is 542 g/mol. The van der Waals surface area contributed by atoms with Crippen molar-refractivity contribution in [3.63, 3.8) is 0 Å². The molecule has 1 aromatic carbocycles. The van der Waals surface area contributed by atoms with Crippen molar-refractivity contribution >= 4 is 53.1 Å². The van der Waals surface area contributed by atoms with E-state index in [1.807, 2.05) is 19.2 Å². The lowest BCUT2D eigenvalue weighted by atomic mass is 9.74. The molecule has 1 atom stereocenters. The van der Waals surface area contributed by atoms with Gasteiger partial charge >= 0.3 is 0 Å². The minimum Gasteiger partial charge on any atom is -0.381 e. The number of ether oxygens (including phenoxy) is 2. The third-order valence-electron chi connectivity index (χ3n) is 5.67. The van der Waals surface area contributed by atoms with Gasteiger partial charge in [0.25, 0.3) is 0 Å². The maximum Gasteiger partial charge on any atom is 0.193 e. The number of hydrogen-bond acceptors (Lipinski definition) is 3. The fraction of sp³-hybridized carbons (Fsp3) is 0.650. The molecule has 0 spiro atoms. The lowest BCUT2D eigenvalue weighted by molar-refractivity contribution is 0.0512. The van der Waals surface area contributed by atoms with E-state index in [4.69, 9.17) is 32.7 Å². The van der Waals surface area contributed by atoms with E-state index in [2.05, 4.69) is 28.3 Å². The highest BCUT2D eigenvalue weighted by molar-refractivity contribution is 14.0. The van der Waals surface area contributed by atoms with Crippen LogP contribution in [0.1, 0.15) is 24.8 Å². The van der Waals surface area contributed by atoms with Crippen molar-refractivity contribution in [2.75, 3.05) is 53.6 Å². The number of nitrogens with zero attached hydrogens (tertiary/aromatic N) is 2. The number of aliphatic imine (C=N–C) groups is 1. The van der Waals surface area contributed by atoms with Crippen LogP contribution in [-0.4, -0.2) is 64.5 Å². The summed E-state index contributed by atoms with van der Waals surface area (Å²) in [5, 5.41) is 4.96. The quantitative estimate of drug-likeness (QED) is 0.345. The highest BCUT2D eigenvalue weighted by Gasteiger charge is 2.36. The van der Waals surface area contributed by atoms with Crippen LogP contribution in [0.25, 0.3) is 0 Å². The Labute approximate surface area is 195 Å². The Morgan fingerprint density at radius 3 is 2.61 bits per heavy atom. The summed E-state index contributed by atoms with van der Waals surface area (Å²) in [6.45, 7) is 4.86. The second kappa shape index (κ2) is 11.2. The summed E-state index contributed by atoms with van der Waals surface area (Å²) < 4.78 is 11.1. The highest BCUT2D eigenvalue weighted by Crippen LogP contribution is 2.39. The SMILES string of the molecule is CN=C(NCC1(c2ccc(Cl)cc2Cl)CCOCC1)N(C)CC1CCOC1.I. The van der Waals surface area contributed by atoms with Crippen molar-refractivity contribution in [1.29, 1.82) is 0 Å². The molecule has 28 heavy (non-hydrogen) atoms. The number of guanidine groups is 1. The Balaban J connectivity index is 0.00000280. The van der Waals surface area contributed by atoms with Crippen molar-refractivity contribution in [2.24, 2.45) is 10.9 Å². The van der Waals surface area contributed by atoms with Gasteiger partial charge < -0.3 is 19.7 Å². The molecule has 2 heterocycles. The molecule has 0 radical (unpaired) electrons. The second-order valence-electron chi connectivity index (χ2n) is 7.53. The molecule has 5 nitrogen and oxygen atoms in total. The Kier molecular flexibility index (Phi) is 9.60. The molecule has 0 saturated carbocycles. The molecule has 1 aromatic rings. The van der Waals surface area contributed by atoms with Gasteiger partial charge in [-0.2, -0.15) is 0 Å². The first-order valence-electron chi connectivity index (χ1n) is 9.57. The fourth-order valence-electron chi connectivity index (χ4n) is 4.06. The molecular formula is C20H30Cl2IN3O2. The van der Waals surface area contributed by atoms with Gasteiger partial charge in [-0.25, -0.2) is 0 Å². The molecule has 2 aliphatic rings. The van der Waals surface area contributed by atoms with Gasteiger partial charge in [-0.1, -0.05) is 29.3 Å². The summed E-state index contributed by atoms with van der Waals surface area (Å²) >= 11 is 12.7. The highest BCUT2D eigenvalue weighted by atomic mass is 127. The van der Waals surface area contributed by atoms with E-state index in [1.165, 1.54) is 0 Å². The van der Waals surface area contributed by atoms with Gasteiger partial charge in [0, 0.05) is 68.4 Å². The van der Waals surface area contributed by atoms with Gasteiger partial charge in [-0.05, 0) is 37.0 Å². The lowest BCUT2D eigenvalue weighted by Crippen LogP contribution is -2.49. The Bertz CT molecular complexity index is 663. The molecule has 2 fully saturated rings. The van der Waals surface area contributed by atoms with Gasteiger partial charge in [-0.3, -0.25) is 4.99 Å². The first-order chi connectivity index (χ1) is 13.0. The number of hydrogen-bond donors (Lipinski definition) is 1. The summed E-state index contributed by atoms with van der Waals surface area (Å²) in [6, 6.07) is 5.80. The normalized spacial score (nSPS) is 21.9. The average Bonchev–Trinajstić information content (AvgIpc) is 3.16. The van der Waals surface area contributed by atoms with Gasteiger partial charge in [-0.15, -0.1) is 24.0 Å². The van der Waals surface area contributed by atoms with Gasteiger partial charge in [0.05, 0.1) is 6.61 Å². The van der Waals surface area contributed by atoms with E-state index in [-0.39, 0.29) is 29.4 Å². The number of benzene rings is 1. The summed E-state index contributed by atoms with van der Waals surface area (Å²) in [5.41, 5.74) is 1.04. The van der Waals surface area contributed by atoms with Gasteiger partial charge in [0.2, 0.25) is 0 Å². The summed E-state index contributed by atoms with van der Waals surface area (Å²) in [7, 11) is 3.91. The van der Waals surface area contributed by atoms with Crippen LogP contribution in [0, 0.1) is 5.92 Å². The van der Waals surface area contributed by atoms with Crippen LogP contribution in [0.5, 0.6) is 0 Å². The number of rotatable bonds is 5. The fourth-order valence-corrected chi connectivity index (χ4v) is 4.67. The second-order valence-corrected chi connectivity index (χ2v) is 8.37. The molecule has 3 rings (SSSR count). The molecule has 158 valence electrons. The molecule has 0 bridgehead atoms. The van der Waals surface area contributed by atoms with Crippen molar-refractivity contribution in [2.45, 2.75) is 24.7 Å². The third-order valence-corrected chi connectivity index (χ3v) is 6.21. The first kappa shape index (κ1) is 24.0. The predicted octanol–water partition coefficient (Wildman–Crippen LogP) is 4.20. The Morgan fingerprint density at radius 1 is 1.25 bits per heavy atom. The Morgan fingerprint density at radius 2 is 2.00 bits per heavy atom. The first-order valence-corrected chi connectivity index (χ1v) is 10.3. The van der Waals surface area contributed by atoms with Crippen LogP contribution in [0.2, 0.25) is 10.0 Å². The topological polar surface area (TPSA) is 46.1 Å². The van der Waals surface area contributed by atoms with Crippen LogP contribution >= 0.6 is 47.2 Å². The van der Waals surface area contributed by atoms with E-state index in [1.54, 1.807) is 0 Å². The van der Waals surface area contributed by atoms with Gasteiger partial charge in [0.1, 0.15) is 0 Å². The zero-order valence-electron chi connectivity index (χ0n) is 16.5. The summed E-state index contributed by atoms with van der Waals surface area (Å²) in [6.07, 6.45) is 2.94. The van der Waals surface area contributed by atoms with E-state index >= 15 is 0 Å². The Hall–Kier alpha value is -0.280. The van der Waals surface area contributed by atoms with Gasteiger partial charge in [0.15, 0.2) is 5.96 Å². The van der Waals surface area contributed by atoms with Crippen molar-refractivity contribution in [3.8, 4) is 0 Å². The minimum absolute atomic E-state index is 0. The molecule has 2 saturated heterocycles. The van der Waals surface area contributed by atoms with Crippen LogP contribution in [-0.2, 0) is 14.9 Å². The smallest absolute Gasteiger partial charge is 0.193 e. The molecule has 1 unspecified atom stereocenters. The summed E-state index contributed by atoms with van der Waals surface area (Å²) in [5.74, 6) is 1.47. The maximum absolute atomic E-state index is 6.57. The molecule has 2 aliphatic heterocycles. The molecular weight excluding hydrogens is 512 g/mol. The van der Waals surface area contributed by atoms with E-state index in [0.29, 0.717) is 10.9 Å². The van der Waals surface area contributed by atoms with Crippen LogP contribution in [0.15, 0.2) is 23.2 Å². The van der Waals surface area contributed by atoms with Crippen LogP contribution in [0.3, 0.4) is 0 Å². The van der Waals surface area contributed by atoms with Crippen molar-refractivity contribution in [3.05, 3.63) is 33.8 Å². The van der Waals surface area contributed by atoms with Crippen molar-refractivity contribution < 1.29 is 9.47 Å². The zero-order valence-corrected chi connectivity index (χ0v) is 20.4. The minimum atomic E-state index is -0.0901. The molecule has 0 amide bonds. The number of nitrogens with one attached hydrogen (secondary N) is 1. The predicted molar refractivity (Wildman–Crippen MR) is 127 cm³/mol. The molecule has 8 heteroatoms. The van der Waals surface area contributed by atoms with E-state index in [9.17, 15) is 0 Å². The van der Waals surface area contributed by atoms with Crippen LogP contribution in [0.4, 0.5) is 0 Å². The van der Waals surface area contributed by atoms with Crippen molar-refractivity contribution in [1.82, 2.24) is 10.2 Å². The van der Waals surface area contributed by atoms with Crippen LogP contribution < -0.4 is 5.32 Å².